The topological polar surface area (TPSA) is 63.8 Å². The Bertz CT molecular complexity index is 762. The second kappa shape index (κ2) is 5.60. The van der Waals surface area contributed by atoms with E-state index in [0.717, 1.165) is 33.4 Å². The fourth-order valence-electron chi connectivity index (χ4n) is 2.68. The first-order valence-electron chi connectivity index (χ1n) is 6.93. The van der Waals surface area contributed by atoms with E-state index in [9.17, 15) is 0 Å². The molecule has 3 rings (SSSR count). The molecule has 1 atom stereocenters. The van der Waals surface area contributed by atoms with Gasteiger partial charge < -0.3 is 0 Å². The van der Waals surface area contributed by atoms with Crippen LogP contribution in [0.3, 0.4) is 0 Å². The molecule has 2 aromatic heterocycles. The third-order valence-electron chi connectivity index (χ3n) is 3.57. The third kappa shape index (κ3) is 2.77. The van der Waals surface area contributed by atoms with Crippen molar-refractivity contribution in [3.63, 3.8) is 0 Å². The smallest absolute Gasteiger partial charge is 0.0712 e. The predicted molar refractivity (Wildman–Crippen MR) is 84.6 cm³/mol. The molecule has 2 heterocycles. The number of nitrogens with one attached hydrogen (secondary N) is 1. The molecule has 0 aliphatic carbocycles. The molecular weight excluding hydrogens is 260 g/mol. The van der Waals surface area contributed by atoms with Gasteiger partial charge in [-0.3, -0.25) is 15.8 Å². The van der Waals surface area contributed by atoms with Gasteiger partial charge in [0.15, 0.2) is 0 Å². The van der Waals surface area contributed by atoms with Gasteiger partial charge in [-0.2, -0.15) is 0 Å². The molecule has 4 heteroatoms. The lowest BCUT2D eigenvalue weighted by Crippen LogP contribution is -2.29. The quantitative estimate of drug-likeness (QED) is 0.571. The summed E-state index contributed by atoms with van der Waals surface area (Å²) in [6.45, 7) is 3.98. The lowest BCUT2D eigenvalue weighted by molar-refractivity contribution is 0.635. The zero-order chi connectivity index (χ0) is 14.8. The highest BCUT2D eigenvalue weighted by Gasteiger charge is 2.14. The summed E-state index contributed by atoms with van der Waals surface area (Å²) >= 11 is 0. The number of nitrogens with two attached hydrogens (primary N) is 1. The van der Waals surface area contributed by atoms with Crippen molar-refractivity contribution in [1.29, 1.82) is 0 Å². The van der Waals surface area contributed by atoms with E-state index in [0.29, 0.717) is 0 Å². The van der Waals surface area contributed by atoms with Gasteiger partial charge in [-0.15, -0.1) is 0 Å². The number of aryl methyl sites for hydroxylation is 2. The van der Waals surface area contributed by atoms with Crippen LogP contribution in [0.15, 0.2) is 48.7 Å². The fourth-order valence-corrected chi connectivity index (χ4v) is 2.68. The first-order chi connectivity index (χ1) is 10.2. The number of pyridine rings is 2. The monoisotopic (exact) mass is 278 g/mol. The second-order valence-electron chi connectivity index (χ2n) is 5.24. The maximum atomic E-state index is 5.79. The molecule has 0 bridgehead atoms. The van der Waals surface area contributed by atoms with E-state index < -0.39 is 0 Å². The highest BCUT2D eigenvalue weighted by atomic mass is 15.2. The minimum Gasteiger partial charge on any atom is -0.271 e. The summed E-state index contributed by atoms with van der Waals surface area (Å²) in [7, 11) is 0. The standard InChI is InChI=1S/C17H18N4/c1-11-8-15(9-12(2)20-11)17(21-18)14-6-5-13-4-3-7-19-16(13)10-14/h3-10,17,21H,18H2,1-2H3. The van der Waals surface area contributed by atoms with Crippen molar-refractivity contribution >= 4 is 10.9 Å². The van der Waals surface area contributed by atoms with E-state index in [1.165, 1.54) is 0 Å². The molecular formula is C17H18N4. The van der Waals surface area contributed by atoms with Crippen LogP contribution < -0.4 is 11.3 Å². The fraction of sp³-hybridized carbons (Fsp3) is 0.176. The summed E-state index contributed by atoms with van der Waals surface area (Å²) in [5.41, 5.74) is 8.05. The van der Waals surface area contributed by atoms with Gasteiger partial charge in [0.2, 0.25) is 0 Å². The van der Waals surface area contributed by atoms with Gasteiger partial charge in [0.1, 0.15) is 0 Å². The molecule has 3 aromatic rings. The molecule has 4 nitrogen and oxygen atoms in total. The average molecular weight is 278 g/mol. The Hall–Kier alpha value is -2.30. The van der Waals surface area contributed by atoms with Crippen LogP contribution in [-0.2, 0) is 0 Å². The number of nitrogens with zero attached hydrogens (tertiary/aromatic N) is 2. The number of benzene rings is 1. The summed E-state index contributed by atoms with van der Waals surface area (Å²) in [5.74, 6) is 5.79. The summed E-state index contributed by atoms with van der Waals surface area (Å²) in [6.07, 6.45) is 1.80. The number of fused-ring (bicyclic) bond motifs is 1. The van der Waals surface area contributed by atoms with E-state index in [-0.39, 0.29) is 6.04 Å². The average Bonchev–Trinajstić information content (AvgIpc) is 2.47. The van der Waals surface area contributed by atoms with E-state index in [1.54, 1.807) is 6.20 Å². The van der Waals surface area contributed by atoms with Gasteiger partial charge in [0, 0.05) is 23.0 Å². The van der Waals surface area contributed by atoms with Crippen LogP contribution in [0.25, 0.3) is 10.9 Å². The highest BCUT2D eigenvalue weighted by Crippen LogP contribution is 2.25. The van der Waals surface area contributed by atoms with Crippen molar-refractivity contribution in [1.82, 2.24) is 15.4 Å². The Kier molecular flexibility index (Phi) is 3.64. The second-order valence-corrected chi connectivity index (χ2v) is 5.24. The summed E-state index contributed by atoms with van der Waals surface area (Å²) in [4.78, 5) is 8.82. The minimum absolute atomic E-state index is 0.0724. The molecule has 0 aliphatic heterocycles. The predicted octanol–water partition coefficient (Wildman–Crippen LogP) is 2.80. The molecule has 1 aromatic carbocycles. The summed E-state index contributed by atoms with van der Waals surface area (Å²) in [6, 6.07) is 14.3. The number of hydrogen-bond donors (Lipinski definition) is 2. The Labute approximate surface area is 124 Å². The van der Waals surface area contributed by atoms with Crippen molar-refractivity contribution in [3.8, 4) is 0 Å². The first kappa shape index (κ1) is 13.7. The molecule has 3 N–H and O–H groups in total. The van der Waals surface area contributed by atoms with E-state index in [1.807, 2.05) is 19.9 Å². The molecule has 0 fully saturated rings. The molecule has 0 amide bonds. The van der Waals surface area contributed by atoms with Gasteiger partial charge in [-0.25, -0.2) is 5.43 Å². The Morgan fingerprint density at radius 2 is 1.76 bits per heavy atom. The molecule has 0 spiro atoms. The normalized spacial score (nSPS) is 12.5. The van der Waals surface area contributed by atoms with Crippen molar-refractivity contribution in [2.45, 2.75) is 19.9 Å². The number of aromatic nitrogens is 2. The van der Waals surface area contributed by atoms with Crippen molar-refractivity contribution < 1.29 is 0 Å². The summed E-state index contributed by atoms with van der Waals surface area (Å²) < 4.78 is 0. The highest BCUT2D eigenvalue weighted by molar-refractivity contribution is 5.79. The van der Waals surface area contributed by atoms with Gasteiger partial charge in [0.05, 0.1) is 11.6 Å². The lowest BCUT2D eigenvalue weighted by atomic mass is 9.97. The number of rotatable bonds is 3. The Balaban J connectivity index is 2.08. The van der Waals surface area contributed by atoms with Crippen molar-refractivity contribution in [3.05, 3.63) is 71.2 Å². The van der Waals surface area contributed by atoms with Crippen LogP contribution in [0.1, 0.15) is 28.6 Å². The molecule has 106 valence electrons. The SMILES string of the molecule is Cc1cc(C(NN)c2ccc3cccnc3c2)cc(C)n1. The Morgan fingerprint density at radius 3 is 2.48 bits per heavy atom. The number of hydrazine groups is 1. The molecule has 21 heavy (non-hydrogen) atoms. The van der Waals surface area contributed by atoms with E-state index in [4.69, 9.17) is 5.84 Å². The van der Waals surface area contributed by atoms with E-state index in [2.05, 4.69) is 51.8 Å². The van der Waals surface area contributed by atoms with Crippen LogP contribution >= 0.6 is 0 Å². The van der Waals surface area contributed by atoms with Gasteiger partial charge >= 0.3 is 0 Å². The van der Waals surface area contributed by atoms with Gasteiger partial charge in [-0.1, -0.05) is 18.2 Å². The zero-order valence-electron chi connectivity index (χ0n) is 12.2. The van der Waals surface area contributed by atoms with Crippen LogP contribution in [0.5, 0.6) is 0 Å². The molecule has 0 saturated carbocycles. The minimum atomic E-state index is -0.0724. The van der Waals surface area contributed by atoms with E-state index >= 15 is 0 Å². The van der Waals surface area contributed by atoms with Crippen LogP contribution in [0, 0.1) is 13.8 Å². The largest absolute Gasteiger partial charge is 0.271 e. The maximum Gasteiger partial charge on any atom is 0.0712 e. The lowest BCUT2D eigenvalue weighted by Gasteiger charge is -2.18. The Morgan fingerprint density at radius 1 is 1.00 bits per heavy atom. The van der Waals surface area contributed by atoms with Crippen LogP contribution in [0.2, 0.25) is 0 Å². The van der Waals surface area contributed by atoms with Crippen LogP contribution in [0.4, 0.5) is 0 Å². The summed E-state index contributed by atoms with van der Waals surface area (Å²) in [5, 5.41) is 1.12. The van der Waals surface area contributed by atoms with Crippen molar-refractivity contribution in [2.75, 3.05) is 0 Å². The third-order valence-corrected chi connectivity index (χ3v) is 3.57. The first-order valence-corrected chi connectivity index (χ1v) is 6.93. The molecule has 0 aliphatic rings. The maximum absolute atomic E-state index is 5.79. The number of hydrogen-bond acceptors (Lipinski definition) is 4. The van der Waals surface area contributed by atoms with Crippen LogP contribution in [-0.4, -0.2) is 9.97 Å². The molecule has 1 unspecified atom stereocenters. The van der Waals surface area contributed by atoms with Crippen molar-refractivity contribution in [2.24, 2.45) is 5.84 Å². The van der Waals surface area contributed by atoms with Gasteiger partial charge in [-0.05, 0) is 49.2 Å². The molecule has 0 radical (unpaired) electrons. The molecule has 0 saturated heterocycles. The van der Waals surface area contributed by atoms with Gasteiger partial charge in [0.25, 0.3) is 0 Å². The zero-order valence-corrected chi connectivity index (χ0v) is 12.2.